The van der Waals surface area contributed by atoms with Crippen LogP contribution in [0.25, 0.3) is 0 Å². The van der Waals surface area contributed by atoms with Crippen molar-refractivity contribution in [2.75, 3.05) is 7.11 Å². The molecule has 0 aromatic carbocycles. The largest absolute Gasteiger partial charge is 0.469 e. The molecule has 0 N–H and O–H groups in total. The molecule has 0 saturated heterocycles. The van der Waals surface area contributed by atoms with Crippen LogP contribution >= 0.6 is 0 Å². The zero-order valence-electron chi connectivity index (χ0n) is 10.3. The number of esters is 1. The lowest BCUT2D eigenvalue weighted by molar-refractivity contribution is -0.137. The number of ether oxygens (including phenoxy) is 1. The minimum Gasteiger partial charge on any atom is -0.469 e. The van der Waals surface area contributed by atoms with Crippen molar-refractivity contribution in [3.63, 3.8) is 0 Å². The van der Waals surface area contributed by atoms with E-state index < -0.39 is 0 Å². The molecule has 0 radical (unpaired) electrons. The van der Waals surface area contributed by atoms with Crippen LogP contribution in [0.3, 0.4) is 0 Å². The van der Waals surface area contributed by atoms with Crippen molar-refractivity contribution in [1.82, 2.24) is 0 Å². The summed E-state index contributed by atoms with van der Waals surface area (Å²) in [6.45, 7) is 10.3. The van der Waals surface area contributed by atoms with Gasteiger partial charge in [0, 0.05) is 6.92 Å². The molecule has 0 spiro atoms. The van der Waals surface area contributed by atoms with Crippen LogP contribution in [0.1, 0.15) is 40.0 Å². The van der Waals surface area contributed by atoms with Gasteiger partial charge in [0.1, 0.15) is 0 Å². The van der Waals surface area contributed by atoms with Gasteiger partial charge >= 0.3 is 5.97 Å². The van der Waals surface area contributed by atoms with Crippen molar-refractivity contribution in [2.24, 2.45) is 17.3 Å². The molecule has 2 nitrogen and oxygen atoms in total. The lowest BCUT2D eigenvalue weighted by atomic mass is 9.73. The molecule has 0 aliphatic heterocycles. The molecule has 0 heterocycles. The summed E-state index contributed by atoms with van der Waals surface area (Å²) in [6.07, 6.45) is 4.31. The number of hydrogen-bond donors (Lipinski definition) is 0. The average molecular weight is 210 g/mol. The third-order valence-corrected chi connectivity index (χ3v) is 4.06. The molecule has 0 aromatic rings. The lowest BCUT2D eigenvalue weighted by Gasteiger charge is -2.31. The highest BCUT2D eigenvalue weighted by molar-refractivity contribution is 5.65. The Balaban J connectivity index is 0.000000195. The molecule has 2 fully saturated rings. The second-order valence-corrected chi connectivity index (χ2v) is 5.15. The summed E-state index contributed by atoms with van der Waals surface area (Å²) in [4.78, 5) is 9.59. The number of allylic oxidation sites excluding steroid dienone is 1. The molecule has 2 bridgehead atoms. The SMILES string of the molecule is C=C1C2CCC(C2)C1(C)C.COC(C)=O. The van der Waals surface area contributed by atoms with E-state index in [4.69, 9.17) is 0 Å². The highest BCUT2D eigenvalue weighted by Gasteiger charge is 2.47. The maximum atomic E-state index is 9.59. The van der Waals surface area contributed by atoms with Gasteiger partial charge in [0.2, 0.25) is 0 Å². The zero-order chi connectivity index (χ0) is 11.6. The van der Waals surface area contributed by atoms with Crippen LogP contribution in [0.4, 0.5) is 0 Å². The van der Waals surface area contributed by atoms with Crippen molar-refractivity contribution >= 4 is 5.97 Å². The number of methoxy groups -OCH3 is 1. The number of rotatable bonds is 0. The highest BCUT2D eigenvalue weighted by Crippen LogP contribution is 2.58. The molecular formula is C13H22O2. The number of fused-ring (bicyclic) bond motifs is 2. The fourth-order valence-electron chi connectivity index (χ4n) is 2.74. The van der Waals surface area contributed by atoms with E-state index in [0.29, 0.717) is 5.41 Å². The lowest BCUT2D eigenvalue weighted by Crippen LogP contribution is -2.21. The van der Waals surface area contributed by atoms with Gasteiger partial charge in [-0.15, -0.1) is 0 Å². The smallest absolute Gasteiger partial charge is 0.302 e. The summed E-state index contributed by atoms with van der Waals surface area (Å²) >= 11 is 0. The van der Waals surface area contributed by atoms with E-state index in [1.807, 2.05) is 0 Å². The van der Waals surface area contributed by atoms with E-state index in [1.54, 1.807) is 0 Å². The first-order chi connectivity index (χ1) is 6.89. The Morgan fingerprint density at radius 1 is 1.47 bits per heavy atom. The van der Waals surface area contributed by atoms with E-state index >= 15 is 0 Å². The molecule has 2 heteroatoms. The molecule has 0 aromatic heterocycles. The number of carbonyl (C=O) groups excluding carboxylic acids is 1. The van der Waals surface area contributed by atoms with E-state index in [9.17, 15) is 4.79 Å². The number of carbonyl (C=O) groups is 1. The van der Waals surface area contributed by atoms with Gasteiger partial charge in [-0.25, -0.2) is 0 Å². The fourth-order valence-corrected chi connectivity index (χ4v) is 2.74. The Morgan fingerprint density at radius 3 is 2.20 bits per heavy atom. The normalized spacial score (nSPS) is 30.8. The van der Waals surface area contributed by atoms with Crippen molar-refractivity contribution < 1.29 is 9.53 Å². The maximum absolute atomic E-state index is 9.59. The van der Waals surface area contributed by atoms with Gasteiger partial charge in [0.25, 0.3) is 0 Å². The van der Waals surface area contributed by atoms with Crippen molar-refractivity contribution in [1.29, 1.82) is 0 Å². The van der Waals surface area contributed by atoms with Crippen LogP contribution in [0, 0.1) is 17.3 Å². The van der Waals surface area contributed by atoms with Crippen LogP contribution in [0.2, 0.25) is 0 Å². The van der Waals surface area contributed by atoms with Gasteiger partial charge in [0.15, 0.2) is 0 Å². The highest BCUT2D eigenvalue weighted by atomic mass is 16.5. The summed E-state index contributed by atoms with van der Waals surface area (Å²) in [5.41, 5.74) is 2.01. The predicted molar refractivity (Wildman–Crippen MR) is 61.4 cm³/mol. The molecule has 2 unspecified atom stereocenters. The van der Waals surface area contributed by atoms with E-state index in [0.717, 1.165) is 11.8 Å². The molecular weight excluding hydrogens is 188 g/mol. The van der Waals surface area contributed by atoms with Crippen LogP contribution < -0.4 is 0 Å². The fraction of sp³-hybridized carbons (Fsp3) is 0.769. The first-order valence-corrected chi connectivity index (χ1v) is 5.63. The Kier molecular flexibility index (Phi) is 3.58. The minimum absolute atomic E-state index is 0.245. The van der Waals surface area contributed by atoms with Crippen molar-refractivity contribution in [2.45, 2.75) is 40.0 Å². The van der Waals surface area contributed by atoms with Crippen molar-refractivity contribution in [3.05, 3.63) is 12.2 Å². The quantitative estimate of drug-likeness (QED) is 0.453. The van der Waals surface area contributed by atoms with Crippen molar-refractivity contribution in [3.8, 4) is 0 Å². The van der Waals surface area contributed by atoms with Crippen LogP contribution in [-0.4, -0.2) is 13.1 Å². The molecule has 86 valence electrons. The Bertz CT molecular complexity index is 266. The minimum atomic E-state index is -0.245. The summed E-state index contributed by atoms with van der Waals surface area (Å²) in [6, 6.07) is 0. The first-order valence-electron chi connectivity index (χ1n) is 5.63. The average Bonchev–Trinajstić information content (AvgIpc) is 2.72. The number of hydrogen-bond acceptors (Lipinski definition) is 2. The Morgan fingerprint density at radius 2 is 2.00 bits per heavy atom. The topological polar surface area (TPSA) is 26.3 Å². The maximum Gasteiger partial charge on any atom is 0.302 e. The second kappa shape index (κ2) is 4.38. The summed E-state index contributed by atoms with van der Waals surface area (Å²) < 4.78 is 4.11. The monoisotopic (exact) mass is 210 g/mol. The Labute approximate surface area is 92.7 Å². The van der Waals surface area contributed by atoms with Gasteiger partial charge in [0.05, 0.1) is 7.11 Å². The third kappa shape index (κ3) is 2.42. The standard InChI is InChI=1S/C10H16.C3H6O2/c1-7-8-4-5-9(6-8)10(7,2)3;1-3(4)5-2/h8-9H,1,4-6H2,2-3H3;1-2H3. The van der Waals surface area contributed by atoms with Gasteiger partial charge < -0.3 is 4.74 Å². The molecule has 0 amide bonds. The van der Waals surface area contributed by atoms with Gasteiger partial charge in [-0.3, -0.25) is 4.79 Å². The first kappa shape index (κ1) is 12.3. The van der Waals surface area contributed by atoms with Crippen LogP contribution in [0.5, 0.6) is 0 Å². The molecule has 2 aliphatic rings. The van der Waals surface area contributed by atoms with E-state index in [2.05, 4.69) is 25.2 Å². The Hall–Kier alpha value is -0.790. The van der Waals surface area contributed by atoms with Gasteiger partial charge in [-0.2, -0.15) is 0 Å². The molecule has 2 aliphatic carbocycles. The summed E-state index contributed by atoms with van der Waals surface area (Å²) in [5, 5.41) is 0. The van der Waals surface area contributed by atoms with E-state index in [-0.39, 0.29) is 5.97 Å². The molecule has 2 rings (SSSR count). The summed E-state index contributed by atoms with van der Waals surface area (Å²) in [5.74, 6) is 1.61. The zero-order valence-corrected chi connectivity index (χ0v) is 10.3. The van der Waals surface area contributed by atoms with Crippen LogP contribution in [-0.2, 0) is 9.53 Å². The van der Waals surface area contributed by atoms with E-state index in [1.165, 1.54) is 38.9 Å². The third-order valence-electron chi connectivity index (χ3n) is 4.06. The summed E-state index contributed by atoms with van der Waals surface area (Å²) in [7, 11) is 1.35. The molecule has 2 saturated carbocycles. The molecule has 2 atom stereocenters. The van der Waals surface area contributed by atoms with Gasteiger partial charge in [-0.05, 0) is 36.5 Å². The second-order valence-electron chi connectivity index (χ2n) is 5.15. The van der Waals surface area contributed by atoms with Gasteiger partial charge in [-0.1, -0.05) is 26.0 Å². The van der Waals surface area contributed by atoms with Crippen LogP contribution in [0.15, 0.2) is 12.2 Å². The predicted octanol–water partition coefficient (Wildman–Crippen LogP) is 3.18. The molecule has 15 heavy (non-hydrogen) atoms.